The van der Waals surface area contributed by atoms with E-state index in [9.17, 15) is 4.79 Å². The first-order chi connectivity index (χ1) is 9.04. The van der Waals surface area contributed by atoms with Gasteiger partial charge >= 0.3 is 0 Å². The number of ether oxygens (including phenoxy) is 1. The van der Waals surface area contributed by atoms with E-state index in [0.29, 0.717) is 18.0 Å². The van der Waals surface area contributed by atoms with Gasteiger partial charge in [-0.25, -0.2) is 0 Å². The highest BCUT2D eigenvalue weighted by Gasteiger charge is 2.17. The zero-order chi connectivity index (χ0) is 14.0. The van der Waals surface area contributed by atoms with Crippen molar-refractivity contribution in [1.29, 1.82) is 0 Å². The maximum atomic E-state index is 12.3. The van der Waals surface area contributed by atoms with Crippen LogP contribution in [0.5, 0.6) is 5.75 Å². The molecule has 0 atom stereocenters. The molecule has 1 aromatic carbocycles. The number of nitrogens with one attached hydrogen (secondary N) is 2. The summed E-state index contributed by atoms with van der Waals surface area (Å²) in [5.41, 5.74) is 2.44. The smallest absolute Gasteiger partial charge is 0.253 e. The molecule has 102 valence electrons. The van der Waals surface area contributed by atoms with Crippen molar-refractivity contribution in [3.63, 3.8) is 0 Å². The average Bonchev–Trinajstić information content (AvgIpc) is 2.71. The minimum atomic E-state index is -0.0364. The summed E-state index contributed by atoms with van der Waals surface area (Å²) < 4.78 is 5.31. The summed E-state index contributed by atoms with van der Waals surface area (Å²) in [4.78, 5) is 15.5. The Hall–Kier alpha value is -1.97. The van der Waals surface area contributed by atoms with Gasteiger partial charge in [0.05, 0.1) is 18.2 Å². The molecule has 0 saturated heterocycles. The number of aryl methyl sites for hydroxylation is 1. The minimum absolute atomic E-state index is 0.0364. The number of H-pyrrole nitrogens is 1. The minimum Gasteiger partial charge on any atom is -0.495 e. The molecule has 0 bridgehead atoms. The van der Waals surface area contributed by atoms with Crippen LogP contribution >= 0.6 is 0 Å². The average molecular weight is 260 g/mol. The normalized spacial score (nSPS) is 11.0. The van der Waals surface area contributed by atoms with Crippen LogP contribution in [0.3, 0.4) is 0 Å². The Kier molecular flexibility index (Phi) is 3.79. The fraction of sp³-hybridized carbons (Fsp3) is 0.400. The molecule has 1 amide bonds. The summed E-state index contributed by atoms with van der Waals surface area (Å²) in [6.07, 6.45) is 0. The standard InChI is InChI=1S/C15H20N2O2/c1-9(2)8-16-15(18)13-10(3)17-14-11(13)6-5-7-12(14)19-4/h5-7,9,17H,8H2,1-4H3,(H,16,18). The highest BCUT2D eigenvalue weighted by Crippen LogP contribution is 2.29. The van der Waals surface area contributed by atoms with Crippen molar-refractivity contribution in [3.05, 3.63) is 29.5 Å². The number of rotatable bonds is 4. The lowest BCUT2D eigenvalue weighted by Crippen LogP contribution is -2.27. The molecule has 2 rings (SSSR count). The molecule has 0 saturated carbocycles. The van der Waals surface area contributed by atoms with Gasteiger partial charge in [-0.3, -0.25) is 4.79 Å². The Labute approximate surface area is 113 Å². The molecule has 0 aliphatic rings. The summed E-state index contributed by atoms with van der Waals surface area (Å²) in [7, 11) is 1.63. The van der Waals surface area contributed by atoms with Gasteiger partial charge in [0.2, 0.25) is 0 Å². The van der Waals surface area contributed by atoms with Crippen molar-refractivity contribution >= 4 is 16.8 Å². The van der Waals surface area contributed by atoms with Crippen molar-refractivity contribution in [2.24, 2.45) is 5.92 Å². The number of amides is 1. The van der Waals surface area contributed by atoms with Crippen LogP contribution in [0, 0.1) is 12.8 Å². The van der Waals surface area contributed by atoms with E-state index in [-0.39, 0.29) is 5.91 Å². The molecule has 0 fully saturated rings. The highest BCUT2D eigenvalue weighted by atomic mass is 16.5. The molecule has 1 heterocycles. The first kappa shape index (κ1) is 13.5. The number of aromatic nitrogens is 1. The van der Waals surface area contributed by atoms with Crippen molar-refractivity contribution in [2.75, 3.05) is 13.7 Å². The lowest BCUT2D eigenvalue weighted by Gasteiger charge is -2.07. The Bertz CT molecular complexity index is 599. The van der Waals surface area contributed by atoms with Gasteiger partial charge in [-0.1, -0.05) is 26.0 Å². The Morgan fingerprint density at radius 1 is 1.42 bits per heavy atom. The Morgan fingerprint density at radius 3 is 2.79 bits per heavy atom. The van der Waals surface area contributed by atoms with Gasteiger partial charge in [0, 0.05) is 17.6 Å². The molecule has 19 heavy (non-hydrogen) atoms. The maximum absolute atomic E-state index is 12.3. The van der Waals surface area contributed by atoms with Gasteiger partial charge in [-0.05, 0) is 18.9 Å². The summed E-state index contributed by atoms with van der Waals surface area (Å²) in [6.45, 7) is 6.73. The number of methoxy groups -OCH3 is 1. The molecule has 2 N–H and O–H groups in total. The zero-order valence-corrected chi connectivity index (χ0v) is 11.8. The van der Waals surface area contributed by atoms with Crippen LogP contribution in [-0.2, 0) is 0 Å². The second-order valence-corrected chi connectivity index (χ2v) is 5.11. The number of aromatic amines is 1. The zero-order valence-electron chi connectivity index (χ0n) is 11.8. The summed E-state index contributed by atoms with van der Waals surface area (Å²) in [5.74, 6) is 1.15. The van der Waals surface area contributed by atoms with Crippen LogP contribution < -0.4 is 10.1 Å². The van der Waals surface area contributed by atoms with Crippen molar-refractivity contribution < 1.29 is 9.53 Å². The molecule has 0 aliphatic heterocycles. The number of para-hydroxylation sites is 1. The molecular formula is C15H20N2O2. The molecule has 4 nitrogen and oxygen atoms in total. The number of hydrogen-bond acceptors (Lipinski definition) is 2. The molecular weight excluding hydrogens is 240 g/mol. The molecule has 0 unspecified atom stereocenters. The highest BCUT2D eigenvalue weighted by molar-refractivity contribution is 6.09. The number of benzene rings is 1. The van der Waals surface area contributed by atoms with Crippen LogP contribution in [0.25, 0.3) is 10.9 Å². The third-order valence-corrected chi connectivity index (χ3v) is 3.10. The molecule has 2 aromatic rings. The van der Waals surface area contributed by atoms with Crippen LogP contribution in [0.2, 0.25) is 0 Å². The number of fused-ring (bicyclic) bond motifs is 1. The molecule has 1 aromatic heterocycles. The number of carbonyl (C=O) groups is 1. The monoisotopic (exact) mass is 260 g/mol. The van der Waals surface area contributed by atoms with Crippen LogP contribution in [0.15, 0.2) is 18.2 Å². The van der Waals surface area contributed by atoms with Crippen LogP contribution in [0.4, 0.5) is 0 Å². The predicted molar refractivity (Wildman–Crippen MR) is 76.8 cm³/mol. The van der Waals surface area contributed by atoms with Gasteiger partial charge in [-0.15, -0.1) is 0 Å². The fourth-order valence-corrected chi connectivity index (χ4v) is 2.17. The van der Waals surface area contributed by atoms with Crippen molar-refractivity contribution in [1.82, 2.24) is 10.3 Å². The van der Waals surface area contributed by atoms with E-state index in [4.69, 9.17) is 4.74 Å². The van der Waals surface area contributed by atoms with Crippen molar-refractivity contribution in [3.8, 4) is 5.75 Å². The van der Waals surface area contributed by atoms with E-state index in [0.717, 1.165) is 22.3 Å². The van der Waals surface area contributed by atoms with Gasteiger partial charge in [0.15, 0.2) is 0 Å². The third-order valence-electron chi connectivity index (χ3n) is 3.10. The third kappa shape index (κ3) is 2.57. The topological polar surface area (TPSA) is 54.1 Å². The van der Waals surface area contributed by atoms with E-state index in [2.05, 4.69) is 24.1 Å². The predicted octanol–water partition coefficient (Wildman–Crippen LogP) is 2.87. The lowest BCUT2D eigenvalue weighted by atomic mass is 10.1. The molecule has 0 spiro atoms. The summed E-state index contributed by atoms with van der Waals surface area (Å²) >= 11 is 0. The Balaban J connectivity index is 2.43. The van der Waals surface area contributed by atoms with Crippen molar-refractivity contribution in [2.45, 2.75) is 20.8 Å². The number of hydrogen-bond donors (Lipinski definition) is 2. The molecule has 0 radical (unpaired) electrons. The first-order valence-electron chi connectivity index (χ1n) is 6.48. The van der Waals surface area contributed by atoms with Gasteiger partial charge in [0.1, 0.15) is 5.75 Å². The van der Waals surface area contributed by atoms with E-state index in [1.54, 1.807) is 7.11 Å². The van der Waals surface area contributed by atoms with E-state index in [1.807, 2.05) is 25.1 Å². The molecule has 4 heteroatoms. The second kappa shape index (κ2) is 5.34. The van der Waals surface area contributed by atoms with Crippen LogP contribution in [-0.4, -0.2) is 24.5 Å². The van der Waals surface area contributed by atoms with E-state index in [1.165, 1.54) is 0 Å². The first-order valence-corrected chi connectivity index (χ1v) is 6.48. The second-order valence-electron chi connectivity index (χ2n) is 5.11. The SMILES string of the molecule is COc1cccc2c(C(=O)NCC(C)C)c(C)[nH]c12. The molecule has 0 aliphatic carbocycles. The largest absolute Gasteiger partial charge is 0.495 e. The van der Waals surface area contributed by atoms with E-state index < -0.39 is 0 Å². The quantitative estimate of drug-likeness (QED) is 0.888. The van der Waals surface area contributed by atoms with Gasteiger partial charge in [0.25, 0.3) is 5.91 Å². The van der Waals surface area contributed by atoms with Crippen LogP contribution in [0.1, 0.15) is 29.9 Å². The summed E-state index contributed by atoms with van der Waals surface area (Å²) in [5, 5.41) is 3.86. The van der Waals surface area contributed by atoms with Gasteiger partial charge in [-0.2, -0.15) is 0 Å². The number of carbonyl (C=O) groups excluding carboxylic acids is 1. The van der Waals surface area contributed by atoms with Gasteiger partial charge < -0.3 is 15.0 Å². The lowest BCUT2D eigenvalue weighted by molar-refractivity contribution is 0.0950. The summed E-state index contributed by atoms with van der Waals surface area (Å²) in [6, 6.07) is 5.72. The Morgan fingerprint density at radius 2 is 2.16 bits per heavy atom. The fourth-order valence-electron chi connectivity index (χ4n) is 2.17. The van der Waals surface area contributed by atoms with E-state index >= 15 is 0 Å². The maximum Gasteiger partial charge on any atom is 0.253 e.